The normalized spacial score (nSPS) is 10.9. The van der Waals surface area contributed by atoms with Crippen LogP contribution in [0.1, 0.15) is 31.2 Å². The van der Waals surface area contributed by atoms with Crippen molar-refractivity contribution in [3.8, 4) is 16.5 Å². The molecule has 0 atom stereocenters. The molecule has 1 aromatic carbocycles. The van der Waals surface area contributed by atoms with E-state index in [1.807, 2.05) is 41.8 Å². The SMILES string of the molecule is CC(C)c1ccccc1OCC(=O)N(C)Cc1nc(-c2cccs2)no1. The summed E-state index contributed by atoms with van der Waals surface area (Å²) in [6.45, 7) is 4.40. The summed E-state index contributed by atoms with van der Waals surface area (Å²) in [6, 6.07) is 11.6. The van der Waals surface area contributed by atoms with Crippen LogP contribution in [-0.2, 0) is 11.3 Å². The minimum atomic E-state index is -0.153. The number of hydrogen-bond acceptors (Lipinski definition) is 6. The number of thiophene rings is 1. The third kappa shape index (κ3) is 4.29. The minimum absolute atomic E-state index is 0.0356. The molecule has 2 aromatic heterocycles. The van der Waals surface area contributed by atoms with E-state index in [9.17, 15) is 4.79 Å². The lowest BCUT2D eigenvalue weighted by atomic mass is 10.0. The van der Waals surface area contributed by atoms with E-state index in [1.165, 1.54) is 16.2 Å². The second-order valence-corrected chi connectivity index (χ2v) is 7.17. The zero-order valence-corrected chi connectivity index (χ0v) is 15.8. The number of para-hydroxylation sites is 1. The molecule has 0 aliphatic rings. The Morgan fingerprint density at radius 1 is 1.27 bits per heavy atom. The average molecular weight is 371 g/mol. The fourth-order valence-electron chi connectivity index (χ4n) is 2.45. The summed E-state index contributed by atoms with van der Waals surface area (Å²) < 4.78 is 11.0. The van der Waals surface area contributed by atoms with Gasteiger partial charge in [0.25, 0.3) is 5.91 Å². The molecule has 3 aromatic rings. The standard InChI is InChI=1S/C19H21N3O3S/c1-13(2)14-7-4-5-8-15(14)24-12-18(23)22(3)11-17-20-19(21-25-17)16-9-6-10-26-16/h4-10,13H,11-12H2,1-3H3. The Labute approximate surface area is 156 Å². The summed E-state index contributed by atoms with van der Waals surface area (Å²) in [5, 5.41) is 5.90. The number of carbonyl (C=O) groups is 1. The third-order valence-electron chi connectivity index (χ3n) is 3.90. The quantitative estimate of drug-likeness (QED) is 0.629. The van der Waals surface area contributed by atoms with Crippen LogP contribution in [-0.4, -0.2) is 34.6 Å². The van der Waals surface area contributed by atoms with Crippen molar-refractivity contribution in [3.05, 3.63) is 53.2 Å². The highest BCUT2D eigenvalue weighted by atomic mass is 32.1. The Morgan fingerprint density at radius 3 is 2.81 bits per heavy atom. The predicted molar refractivity (Wildman–Crippen MR) is 100 cm³/mol. The number of nitrogens with zero attached hydrogens (tertiary/aromatic N) is 3. The van der Waals surface area contributed by atoms with Gasteiger partial charge in [0.05, 0.1) is 11.4 Å². The predicted octanol–water partition coefficient (Wildman–Crippen LogP) is 3.96. The topological polar surface area (TPSA) is 68.5 Å². The first-order valence-electron chi connectivity index (χ1n) is 8.36. The second-order valence-electron chi connectivity index (χ2n) is 6.22. The lowest BCUT2D eigenvalue weighted by Crippen LogP contribution is -2.31. The van der Waals surface area contributed by atoms with Gasteiger partial charge in [0, 0.05) is 7.05 Å². The van der Waals surface area contributed by atoms with Gasteiger partial charge < -0.3 is 14.2 Å². The van der Waals surface area contributed by atoms with E-state index in [4.69, 9.17) is 9.26 Å². The van der Waals surface area contributed by atoms with E-state index < -0.39 is 0 Å². The first kappa shape index (κ1) is 18.1. The molecule has 7 heteroatoms. The van der Waals surface area contributed by atoms with Gasteiger partial charge in [0.15, 0.2) is 6.61 Å². The average Bonchev–Trinajstić information content (AvgIpc) is 3.31. The number of carbonyl (C=O) groups excluding carboxylic acids is 1. The number of hydrogen-bond donors (Lipinski definition) is 0. The Bertz CT molecular complexity index is 859. The van der Waals surface area contributed by atoms with Crippen LogP contribution in [0.2, 0.25) is 0 Å². The lowest BCUT2D eigenvalue weighted by molar-refractivity contribution is -0.132. The van der Waals surface area contributed by atoms with Crippen molar-refractivity contribution in [3.63, 3.8) is 0 Å². The number of aromatic nitrogens is 2. The Morgan fingerprint density at radius 2 is 2.08 bits per heavy atom. The van der Waals surface area contributed by atoms with E-state index in [2.05, 4.69) is 24.0 Å². The van der Waals surface area contributed by atoms with Crippen molar-refractivity contribution < 1.29 is 14.1 Å². The van der Waals surface area contributed by atoms with Gasteiger partial charge in [-0.25, -0.2) is 0 Å². The molecule has 0 unspecified atom stereocenters. The molecule has 1 amide bonds. The van der Waals surface area contributed by atoms with E-state index in [-0.39, 0.29) is 19.1 Å². The van der Waals surface area contributed by atoms with Gasteiger partial charge in [-0.2, -0.15) is 4.98 Å². The van der Waals surface area contributed by atoms with Crippen molar-refractivity contribution in [2.75, 3.05) is 13.7 Å². The van der Waals surface area contributed by atoms with Crippen molar-refractivity contribution in [1.29, 1.82) is 0 Å². The highest BCUT2D eigenvalue weighted by Gasteiger charge is 2.16. The fraction of sp³-hybridized carbons (Fsp3) is 0.316. The van der Waals surface area contributed by atoms with Gasteiger partial charge in [-0.3, -0.25) is 4.79 Å². The number of rotatable bonds is 7. The summed E-state index contributed by atoms with van der Waals surface area (Å²) in [6.07, 6.45) is 0. The molecule has 2 heterocycles. The van der Waals surface area contributed by atoms with Crippen molar-refractivity contribution in [2.45, 2.75) is 26.3 Å². The first-order chi connectivity index (χ1) is 12.5. The highest BCUT2D eigenvalue weighted by Crippen LogP contribution is 2.26. The van der Waals surface area contributed by atoms with Gasteiger partial charge in [0.2, 0.25) is 11.7 Å². The Kier molecular flexibility index (Phi) is 5.68. The van der Waals surface area contributed by atoms with Crippen molar-refractivity contribution in [2.24, 2.45) is 0 Å². The largest absolute Gasteiger partial charge is 0.483 e. The lowest BCUT2D eigenvalue weighted by Gasteiger charge is -2.17. The van der Waals surface area contributed by atoms with Crippen LogP contribution >= 0.6 is 11.3 Å². The van der Waals surface area contributed by atoms with Crippen LogP contribution in [0.25, 0.3) is 10.7 Å². The molecule has 0 fully saturated rings. The summed E-state index contributed by atoms with van der Waals surface area (Å²) in [7, 11) is 1.69. The molecule has 0 spiro atoms. The third-order valence-corrected chi connectivity index (χ3v) is 4.77. The smallest absolute Gasteiger partial charge is 0.260 e. The van der Waals surface area contributed by atoms with Crippen LogP contribution in [0.4, 0.5) is 0 Å². The molecule has 0 saturated carbocycles. The van der Waals surface area contributed by atoms with Crippen molar-refractivity contribution >= 4 is 17.2 Å². The Balaban J connectivity index is 1.57. The number of benzene rings is 1. The summed E-state index contributed by atoms with van der Waals surface area (Å²) in [5.41, 5.74) is 1.08. The second kappa shape index (κ2) is 8.14. The maximum Gasteiger partial charge on any atom is 0.260 e. The van der Waals surface area contributed by atoms with E-state index >= 15 is 0 Å². The maximum atomic E-state index is 12.4. The molecular formula is C19H21N3O3S. The van der Waals surface area contributed by atoms with Gasteiger partial charge in [-0.15, -0.1) is 11.3 Å². The zero-order valence-electron chi connectivity index (χ0n) is 15.0. The maximum absolute atomic E-state index is 12.4. The zero-order chi connectivity index (χ0) is 18.5. The van der Waals surface area contributed by atoms with Gasteiger partial charge in [-0.05, 0) is 29.0 Å². The molecule has 0 aliphatic carbocycles. The summed E-state index contributed by atoms with van der Waals surface area (Å²) in [5.74, 6) is 1.85. The molecule has 0 N–H and O–H groups in total. The van der Waals surface area contributed by atoms with Crippen LogP contribution < -0.4 is 4.74 Å². The molecule has 0 saturated heterocycles. The summed E-state index contributed by atoms with van der Waals surface area (Å²) in [4.78, 5) is 19.1. The van der Waals surface area contributed by atoms with Gasteiger partial charge in [-0.1, -0.05) is 43.3 Å². The van der Waals surface area contributed by atoms with Crippen LogP contribution in [0.3, 0.4) is 0 Å². The van der Waals surface area contributed by atoms with Crippen LogP contribution in [0.15, 0.2) is 46.3 Å². The number of ether oxygens (including phenoxy) is 1. The molecule has 6 nitrogen and oxygen atoms in total. The monoisotopic (exact) mass is 371 g/mol. The molecule has 136 valence electrons. The van der Waals surface area contributed by atoms with E-state index in [0.717, 1.165) is 16.2 Å². The van der Waals surface area contributed by atoms with E-state index in [1.54, 1.807) is 7.05 Å². The molecule has 0 aliphatic heterocycles. The molecule has 26 heavy (non-hydrogen) atoms. The van der Waals surface area contributed by atoms with Gasteiger partial charge in [0.1, 0.15) is 5.75 Å². The van der Waals surface area contributed by atoms with Gasteiger partial charge >= 0.3 is 0 Å². The number of amides is 1. The number of likely N-dealkylation sites (N-methyl/N-ethyl adjacent to an activating group) is 1. The molecule has 0 bridgehead atoms. The fourth-order valence-corrected chi connectivity index (χ4v) is 3.10. The first-order valence-corrected chi connectivity index (χ1v) is 9.24. The molecule has 3 rings (SSSR count). The van der Waals surface area contributed by atoms with E-state index in [0.29, 0.717) is 17.6 Å². The van der Waals surface area contributed by atoms with Crippen LogP contribution in [0, 0.1) is 0 Å². The summed E-state index contributed by atoms with van der Waals surface area (Å²) >= 11 is 1.54. The molecular weight excluding hydrogens is 350 g/mol. The van der Waals surface area contributed by atoms with Crippen LogP contribution in [0.5, 0.6) is 5.75 Å². The minimum Gasteiger partial charge on any atom is -0.483 e. The molecule has 0 radical (unpaired) electrons. The highest BCUT2D eigenvalue weighted by molar-refractivity contribution is 7.13. The van der Waals surface area contributed by atoms with Crippen molar-refractivity contribution in [1.82, 2.24) is 15.0 Å². The Hall–Kier alpha value is -2.67.